The molecule has 6 heteroatoms. The van der Waals surface area contributed by atoms with Crippen molar-refractivity contribution in [1.29, 1.82) is 0 Å². The maximum absolute atomic E-state index is 11.5. The van der Waals surface area contributed by atoms with E-state index >= 15 is 0 Å². The van der Waals surface area contributed by atoms with Crippen molar-refractivity contribution in [2.75, 3.05) is 0 Å². The highest BCUT2D eigenvalue weighted by Gasteiger charge is 2.20. The Morgan fingerprint density at radius 1 is 1.28 bits per heavy atom. The molecule has 3 atom stereocenters. The number of aliphatic hydroxyl groups excluding tert-OH is 1. The van der Waals surface area contributed by atoms with Gasteiger partial charge in [0.25, 0.3) is 0 Å². The number of aliphatic hydroxyl groups is 1. The molecule has 2 unspecified atom stereocenters. The Balaban J connectivity index is 4.25. The molecule has 1 amide bonds. The number of carbonyl (C=O) groups excluding carboxylic acids is 1. The lowest BCUT2D eigenvalue weighted by atomic mass is 10.1. The van der Waals surface area contributed by atoms with E-state index in [4.69, 9.17) is 10.8 Å². The van der Waals surface area contributed by atoms with Crippen molar-refractivity contribution in [2.45, 2.75) is 45.4 Å². The highest BCUT2D eigenvalue weighted by atomic mass is 16.4. The molecule has 6 nitrogen and oxygen atoms in total. The predicted molar refractivity (Wildman–Crippen MR) is 67.8 cm³/mol. The zero-order chi connectivity index (χ0) is 14.3. The minimum absolute atomic E-state index is 0.303. The van der Waals surface area contributed by atoms with Crippen LogP contribution in [0.15, 0.2) is 12.2 Å². The van der Waals surface area contributed by atoms with Crippen molar-refractivity contribution in [3.8, 4) is 0 Å². The first-order valence-corrected chi connectivity index (χ1v) is 5.88. The quantitative estimate of drug-likeness (QED) is 0.475. The Morgan fingerprint density at radius 3 is 2.28 bits per heavy atom. The van der Waals surface area contributed by atoms with E-state index in [2.05, 4.69) is 5.32 Å². The molecule has 0 radical (unpaired) electrons. The fourth-order valence-corrected chi connectivity index (χ4v) is 1.20. The van der Waals surface area contributed by atoms with Crippen LogP contribution in [-0.4, -0.2) is 40.3 Å². The maximum Gasteiger partial charge on any atom is 0.305 e. The van der Waals surface area contributed by atoms with Crippen molar-refractivity contribution in [2.24, 2.45) is 11.7 Å². The first-order valence-electron chi connectivity index (χ1n) is 5.88. The van der Waals surface area contributed by atoms with Crippen LogP contribution in [-0.2, 0) is 9.59 Å². The highest BCUT2D eigenvalue weighted by molar-refractivity contribution is 5.86. The second-order valence-electron chi connectivity index (χ2n) is 4.62. The molecule has 0 aliphatic carbocycles. The van der Waals surface area contributed by atoms with Gasteiger partial charge in [-0.3, -0.25) is 9.59 Å². The molecule has 0 saturated carbocycles. The Morgan fingerprint density at radius 2 is 1.83 bits per heavy atom. The van der Waals surface area contributed by atoms with Crippen LogP contribution in [0.3, 0.4) is 0 Å². The summed E-state index contributed by atoms with van der Waals surface area (Å²) in [5.74, 6) is -1.41. The Bertz CT molecular complexity index is 315. The van der Waals surface area contributed by atoms with Crippen LogP contribution < -0.4 is 11.1 Å². The minimum Gasteiger partial charge on any atom is -0.481 e. The van der Waals surface area contributed by atoms with Gasteiger partial charge in [-0.2, -0.15) is 0 Å². The first kappa shape index (κ1) is 16.6. The highest BCUT2D eigenvalue weighted by Crippen LogP contribution is 2.01. The number of nitrogens with two attached hydrogens (primary N) is 1. The molecule has 0 rings (SSSR count). The normalized spacial score (nSPS) is 16.6. The van der Waals surface area contributed by atoms with E-state index < -0.39 is 36.5 Å². The molecule has 0 fully saturated rings. The summed E-state index contributed by atoms with van der Waals surface area (Å²) >= 11 is 0. The monoisotopic (exact) mass is 258 g/mol. The molecule has 0 heterocycles. The van der Waals surface area contributed by atoms with Crippen molar-refractivity contribution in [3.05, 3.63) is 12.2 Å². The van der Waals surface area contributed by atoms with Gasteiger partial charge >= 0.3 is 5.97 Å². The number of carboxylic acid groups (broad SMARTS) is 1. The molecule has 0 saturated heterocycles. The van der Waals surface area contributed by atoms with Gasteiger partial charge in [0.1, 0.15) is 0 Å². The molecular formula is C12H22N2O4. The Hall–Kier alpha value is -1.40. The van der Waals surface area contributed by atoms with E-state index in [9.17, 15) is 14.7 Å². The fourth-order valence-electron chi connectivity index (χ4n) is 1.20. The van der Waals surface area contributed by atoms with E-state index in [1.807, 2.05) is 19.9 Å². The second kappa shape index (κ2) is 7.84. The van der Waals surface area contributed by atoms with Crippen LogP contribution in [0.25, 0.3) is 0 Å². The van der Waals surface area contributed by atoms with Crippen molar-refractivity contribution < 1.29 is 19.8 Å². The van der Waals surface area contributed by atoms with Gasteiger partial charge < -0.3 is 21.3 Å². The number of carbonyl (C=O) groups is 2. The van der Waals surface area contributed by atoms with Gasteiger partial charge in [-0.05, 0) is 12.8 Å². The summed E-state index contributed by atoms with van der Waals surface area (Å²) in [5.41, 5.74) is 5.40. The van der Waals surface area contributed by atoms with E-state index in [1.54, 1.807) is 13.0 Å². The number of allylic oxidation sites excluding steroid dienone is 1. The van der Waals surface area contributed by atoms with Gasteiger partial charge in [0.05, 0.1) is 24.6 Å². The molecule has 18 heavy (non-hydrogen) atoms. The summed E-state index contributed by atoms with van der Waals surface area (Å²) in [5, 5.41) is 20.7. The number of carboxylic acids is 1. The van der Waals surface area contributed by atoms with Gasteiger partial charge in [-0.25, -0.2) is 0 Å². The van der Waals surface area contributed by atoms with E-state index in [-0.39, 0.29) is 0 Å². The summed E-state index contributed by atoms with van der Waals surface area (Å²) in [7, 11) is 0. The van der Waals surface area contributed by atoms with Crippen LogP contribution in [0.5, 0.6) is 0 Å². The number of hydrogen-bond acceptors (Lipinski definition) is 4. The molecule has 5 N–H and O–H groups in total. The summed E-state index contributed by atoms with van der Waals surface area (Å²) in [4.78, 5) is 21.9. The minimum atomic E-state index is -1.13. The average molecular weight is 258 g/mol. The molecular weight excluding hydrogens is 236 g/mol. The van der Waals surface area contributed by atoms with Gasteiger partial charge in [0, 0.05) is 0 Å². The molecule has 0 spiro atoms. The summed E-state index contributed by atoms with van der Waals surface area (Å²) < 4.78 is 0. The SMILES string of the molecule is CC(C)/C=C/C(O)C(C)NC(=O)[C@@H](N)CC(=O)O. The topological polar surface area (TPSA) is 113 Å². The number of rotatable bonds is 7. The maximum atomic E-state index is 11.5. The smallest absolute Gasteiger partial charge is 0.305 e. The fraction of sp³-hybridized carbons (Fsp3) is 0.667. The second-order valence-corrected chi connectivity index (χ2v) is 4.62. The lowest BCUT2D eigenvalue weighted by Crippen LogP contribution is -2.48. The van der Waals surface area contributed by atoms with Crippen LogP contribution in [0.2, 0.25) is 0 Å². The van der Waals surface area contributed by atoms with Crippen LogP contribution in [0, 0.1) is 5.92 Å². The molecule has 0 aliphatic rings. The van der Waals surface area contributed by atoms with Crippen LogP contribution >= 0.6 is 0 Å². The lowest BCUT2D eigenvalue weighted by Gasteiger charge is -2.19. The van der Waals surface area contributed by atoms with Gasteiger partial charge in [-0.1, -0.05) is 26.0 Å². The average Bonchev–Trinajstić information content (AvgIpc) is 2.24. The zero-order valence-corrected chi connectivity index (χ0v) is 11.0. The molecule has 0 aromatic heterocycles. The Labute approximate surface area is 107 Å². The molecule has 0 aromatic rings. The first-order chi connectivity index (χ1) is 8.23. The molecule has 104 valence electrons. The summed E-state index contributed by atoms with van der Waals surface area (Å²) in [6, 6.07) is -1.63. The van der Waals surface area contributed by atoms with Crippen LogP contribution in [0.4, 0.5) is 0 Å². The van der Waals surface area contributed by atoms with E-state index in [1.165, 1.54) is 0 Å². The third kappa shape index (κ3) is 7.03. The van der Waals surface area contributed by atoms with Crippen LogP contribution in [0.1, 0.15) is 27.2 Å². The lowest BCUT2D eigenvalue weighted by molar-refractivity contribution is -0.139. The van der Waals surface area contributed by atoms with Crippen molar-refractivity contribution >= 4 is 11.9 Å². The number of aliphatic carboxylic acids is 1. The standard InChI is InChI=1S/C12H22N2O4/c1-7(2)4-5-10(15)8(3)14-12(18)9(13)6-11(16)17/h4-5,7-10,15H,6,13H2,1-3H3,(H,14,18)(H,16,17)/b5-4+/t8?,9-,10?/m0/s1. The molecule has 0 bridgehead atoms. The van der Waals surface area contributed by atoms with Gasteiger partial charge in [-0.15, -0.1) is 0 Å². The zero-order valence-electron chi connectivity index (χ0n) is 11.0. The van der Waals surface area contributed by atoms with E-state index in [0.717, 1.165) is 0 Å². The van der Waals surface area contributed by atoms with E-state index in [0.29, 0.717) is 5.92 Å². The van der Waals surface area contributed by atoms with Crippen molar-refractivity contribution in [3.63, 3.8) is 0 Å². The van der Waals surface area contributed by atoms with Crippen molar-refractivity contribution in [1.82, 2.24) is 5.32 Å². The largest absolute Gasteiger partial charge is 0.481 e. The third-order valence-corrected chi connectivity index (χ3v) is 2.31. The summed E-state index contributed by atoms with van der Waals surface area (Å²) in [6.45, 7) is 5.56. The number of nitrogens with one attached hydrogen (secondary N) is 1. The molecule has 0 aliphatic heterocycles. The number of amides is 1. The molecule has 0 aromatic carbocycles. The number of hydrogen-bond donors (Lipinski definition) is 4. The summed E-state index contributed by atoms with van der Waals surface area (Å²) in [6.07, 6.45) is 2.16. The predicted octanol–water partition coefficient (Wildman–Crippen LogP) is -0.134. The van der Waals surface area contributed by atoms with Gasteiger partial charge in [0.15, 0.2) is 0 Å². The Kier molecular flexibility index (Phi) is 7.23. The third-order valence-electron chi connectivity index (χ3n) is 2.31. The van der Waals surface area contributed by atoms with Gasteiger partial charge in [0.2, 0.25) is 5.91 Å².